The number of carbonyl (C=O) groups excluding carboxylic acids is 1. The summed E-state index contributed by atoms with van der Waals surface area (Å²) < 4.78 is 23.1. The zero-order chi connectivity index (χ0) is 14.0. The average Bonchev–Trinajstić information content (AvgIpc) is 2.67. The van der Waals surface area contributed by atoms with E-state index in [9.17, 15) is 13.2 Å². The summed E-state index contributed by atoms with van der Waals surface area (Å²) in [6.07, 6.45) is 7.96. The summed E-state index contributed by atoms with van der Waals surface area (Å²) >= 11 is 0. The molecule has 0 aromatic rings. The van der Waals surface area contributed by atoms with Gasteiger partial charge < -0.3 is 5.32 Å². The standard InChI is InChI=1S/C15H23NO3S/c17-14(13-1-2-20(18,19)9-13)16-15-6-10-3-11(7-15)5-12(4-10)8-15/h10-13H,1-9H2,(H,16,17). The summed E-state index contributed by atoms with van der Waals surface area (Å²) in [5, 5.41) is 3.30. The van der Waals surface area contributed by atoms with Crippen LogP contribution in [0.5, 0.6) is 0 Å². The Balaban J connectivity index is 1.48. The van der Waals surface area contributed by atoms with Gasteiger partial charge >= 0.3 is 0 Å². The van der Waals surface area contributed by atoms with Crippen LogP contribution in [0.25, 0.3) is 0 Å². The molecule has 1 saturated heterocycles. The topological polar surface area (TPSA) is 63.2 Å². The van der Waals surface area contributed by atoms with Crippen molar-refractivity contribution < 1.29 is 13.2 Å². The molecule has 5 rings (SSSR count). The van der Waals surface area contributed by atoms with Crippen LogP contribution in [0.3, 0.4) is 0 Å². The number of hydrogen-bond donors (Lipinski definition) is 1. The van der Waals surface area contributed by atoms with Crippen molar-refractivity contribution in [3.63, 3.8) is 0 Å². The van der Waals surface area contributed by atoms with Gasteiger partial charge in [0.1, 0.15) is 0 Å². The van der Waals surface area contributed by atoms with Gasteiger partial charge in [0, 0.05) is 5.54 Å². The normalized spacial score (nSPS) is 48.4. The number of hydrogen-bond acceptors (Lipinski definition) is 3. The summed E-state index contributed by atoms with van der Waals surface area (Å²) in [6, 6.07) is 0. The second kappa shape index (κ2) is 4.21. The lowest BCUT2D eigenvalue weighted by molar-refractivity contribution is -0.130. The lowest BCUT2D eigenvalue weighted by Gasteiger charge is -2.57. The van der Waals surface area contributed by atoms with E-state index < -0.39 is 9.84 Å². The Morgan fingerprint density at radius 3 is 2.00 bits per heavy atom. The van der Waals surface area contributed by atoms with Crippen LogP contribution in [0.15, 0.2) is 0 Å². The quantitative estimate of drug-likeness (QED) is 0.840. The van der Waals surface area contributed by atoms with E-state index in [1.54, 1.807) is 0 Å². The number of amides is 1. The molecule has 0 radical (unpaired) electrons. The summed E-state index contributed by atoms with van der Waals surface area (Å²) in [5.41, 5.74) is 0.0121. The van der Waals surface area contributed by atoms with Gasteiger partial charge in [-0.05, 0) is 62.7 Å². The summed E-state index contributed by atoms with van der Waals surface area (Å²) in [7, 11) is -2.97. The van der Waals surface area contributed by atoms with Crippen molar-refractivity contribution in [3.05, 3.63) is 0 Å². The van der Waals surface area contributed by atoms with E-state index in [0.29, 0.717) is 6.42 Å². The third-order valence-corrected chi connectivity index (χ3v) is 7.80. The molecule has 1 heterocycles. The van der Waals surface area contributed by atoms with Crippen molar-refractivity contribution in [3.8, 4) is 0 Å². The van der Waals surface area contributed by atoms with Crippen molar-refractivity contribution in [1.29, 1.82) is 0 Å². The Kier molecular flexibility index (Phi) is 2.76. The third-order valence-electron chi connectivity index (χ3n) is 6.03. The monoisotopic (exact) mass is 297 g/mol. The molecule has 5 fully saturated rings. The largest absolute Gasteiger partial charge is 0.350 e. The minimum atomic E-state index is -2.97. The molecular weight excluding hydrogens is 274 g/mol. The maximum Gasteiger partial charge on any atom is 0.224 e. The second-order valence-corrected chi connectivity index (χ2v) is 10.0. The maximum absolute atomic E-state index is 12.4. The Hall–Kier alpha value is -0.580. The lowest BCUT2D eigenvalue weighted by atomic mass is 9.53. The Labute approximate surface area is 120 Å². The molecule has 20 heavy (non-hydrogen) atoms. The second-order valence-electron chi connectivity index (χ2n) is 7.79. The van der Waals surface area contributed by atoms with Crippen LogP contribution in [0.4, 0.5) is 0 Å². The third kappa shape index (κ3) is 2.18. The van der Waals surface area contributed by atoms with E-state index in [-0.39, 0.29) is 28.9 Å². The maximum atomic E-state index is 12.4. The molecule has 112 valence electrons. The fraction of sp³-hybridized carbons (Fsp3) is 0.933. The zero-order valence-electron chi connectivity index (χ0n) is 11.8. The highest BCUT2D eigenvalue weighted by Gasteiger charge is 2.52. The van der Waals surface area contributed by atoms with Gasteiger partial charge in [-0.3, -0.25) is 4.79 Å². The zero-order valence-corrected chi connectivity index (χ0v) is 12.6. The summed E-state index contributed by atoms with van der Waals surface area (Å²) in [4.78, 5) is 12.4. The fourth-order valence-electron chi connectivity index (χ4n) is 5.63. The van der Waals surface area contributed by atoms with Gasteiger partial charge in [0.15, 0.2) is 9.84 Å². The molecule has 1 atom stereocenters. The molecule has 4 nitrogen and oxygen atoms in total. The average molecular weight is 297 g/mol. The highest BCUT2D eigenvalue weighted by atomic mass is 32.2. The van der Waals surface area contributed by atoms with Gasteiger partial charge in [0.2, 0.25) is 5.91 Å². The van der Waals surface area contributed by atoms with Crippen LogP contribution in [-0.4, -0.2) is 31.4 Å². The van der Waals surface area contributed by atoms with E-state index in [1.807, 2.05) is 0 Å². The van der Waals surface area contributed by atoms with Crippen molar-refractivity contribution in [1.82, 2.24) is 5.32 Å². The molecule has 0 aromatic carbocycles. The minimum Gasteiger partial charge on any atom is -0.350 e. The van der Waals surface area contributed by atoms with Crippen LogP contribution in [0.1, 0.15) is 44.9 Å². The Morgan fingerprint density at radius 2 is 1.55 bits per heavy atom. The first-order valence-electron chi connectivity index (χ1n) is 7.95. The van der Waals surface area contributed by atoms with E-state index in [2.05, 4.69) is 5.32 Å². The molecule has 5 heteroatoms. The molecule has 4 bridgehead atoms. The smallest absolute Gasteiger partial charge is 0.224 e. The van der Waals surface area contributed by atoms with E-state index in [1.165, 1.54) is 19.3 Å². The van der Waals surface area contributed by atoms with Gasteiger partial charge in [-0.25, -0.2) is 8.42 Å². The van der Waals surface area contributed by atoms with Gasteiger partial charge in [0.05, 0.1) is 17.4 Å². The molecule has 1 N–H and O–H groups in total. The SMILES string of the molecule is O=C(NC12CC3CC(CC(C3)C1)C2)C1CCS(=O)(=O)C1. The van der Waals surface area contributed by atoms with E-state index in [0.717, 1.165) is 37.0 Å². The van der Waals surface area contributed by atoms with Crippen LogP contribution in [-0.2, 0) is 14.6 Å². The van der Waals surface area contributed by atoms with Crippen LogP contribution >= 0.6 is 0 Å². The Morgan fingerprint density at radius 1 is 1.00 bits per heavy atom. The van der Waals surface area contributed by atoms with E-state index in [4.69, 9.17) is 0 Å². The fourth-order valence-corrected chi connectivity index (χ4v) is 7.37. The molecule has 1 unspecified atom stereocenters. The predicted octanol–water partition coefficient (Wildman–Crippen LogP) is 1.51. The highest BCUT2D eigenvalue weighted by molar-refractivity contribution is 7.91. The number of nitrogens with one attached hydrogen (secondary N) is 1. The molecule has 5 aliphatic rings. The number of rotatable bonds is 2. The molecule has 4 saturated carbocycles. The first-order chi connectivity index (χ1) is 9.43. The minimum absolute atomic E-state index is 0.00743. The molecule has 0 aromatic heterocycles. The van der Waals surface area contributed by atoms with Crippen LogP contribution in [0.2, 0.25) is 0 Å². The van der Waals surface area contributed by atoms with Crippen LogP contribution < -0.4 is 5.32 Å². The summed E-state index contributed by atoms with van der Waals surface area (Å²) in [5.74, 6) is 2.36. The molecule has 1 aliphatic heterocycles. The van der Waals surface area contributed by atoms with Gasteiger partial charge in [-0.15, -0.1) is 0 Å². The van der Waals surface area contributed by atoms with Gasteiger partial charge in [-0.1, -0.05) is 0 Å². The van der Waals surface area contributed by atoms with Crippen molar-refractivity contribution in [2.24, 2.45) is 23.7 Å². The van der Waals surface area contributed by atoms with Gasteiger partial charge in [0.25, 0.3) is 0 Å². The highest BCUT2D eigenvalue weighted by Crippen LogP contribution is 2.55. The first-order valence-corrected chi connectivity index (χ1v) is 9.78. The molecule has 4 aliphatic carbocycles. The van der Waals surface area contributed by atoms with Gasteiger partial charge in [-0.2, -0.15) is 0 Å². The number of carbonyl (C=O) groups is 1. The summed E-state index contributed by atoms with van der Waals surface area (Å²) in [6.45, 7) is 0. The number of sulfone groups is 1. The molecule has 0 spiro atoms. The molecule has 1 amide bonds. The van der Waals surface area contributed by atoms with E-state index >= 15 is 0 Å². The predicted molar refractivity (Wildman–Crippen MR) is 75.8 cm³/mol. The van der Waals surface area contributed by atoms with Crippen molar-refractivity contribution >= 4 is 15.7 Å². The van der Waals surface area contributed by atoms with Crippen LogP contribution in [0, 0.1) is 23.7 Å². The molecular formula is C15H23NO3S. The lowest BCUT2D eigenvalue weighted by Crippen LogP contribution is -2.60. The van der Waals surface area contributed by atoms with Crippen molar-refractivity contribution in [2.45, 2.75) is 50.5 Å². The first kappa shape index (κ1) is 13.1. The van der Waals surface area contributed by atoms with Crippen molar-refractivity contribution in [2.75, 3.05) is 11.5 Å². The Bertz CT molecular complexity index is 504.